The van der Waals surface area contributed by atoms with Crippen molar-refractivity contribution in [2.24, 2.45) is 0 Å². The first kappa shape index (κ1) is 85.0. The summed E-state index contributed by atoms with van der Waals surface area (Å²) in [5.41, 5.74) is 9.65. The third kappa shape index (κ3) is 32.1. The zero-order chi connectivity index (χ0) is 76.8. The molecule has 21 nitrogen and oxygen atoms in total. The second kappa shape index (κ2) is 49.6. The van der Waals surface area contributed by atoms with E-state index >= 15 is 0 Å². The Kier molecular flexibility index (Phi) is 39.0. The monoisotopic (exact) mass is 1480 g/mol. The third-order valence-corrected chi connectivity index (χ3v) is 17.7. The van der Waals surface area contributed by atoms with E-state index in [4.69, 9.17) is 42.6 Å². The fraction of sp³-hybridized carbons (Fsp3) is 0.379. The molecule has 0 saturated carbocycles. The Balaban J connectivity index is 0.895. The average molecular weight is 1480 g/mol. The van der Waals surface area contributed by atoms with Crippen LogP contribution in [-0.2, 0) is 102 Å². The molecule has 0 aliphatic carbocycles. The summed E-state index contributed by atoms with van der Waals surface area (Å²) in [5.74, 6) is 0. The van der Waals surface area contributed by atoms with Crippen LogP contribution in [0.3, 0.4) is 0 Å². The number of alkyl carbamates (subject to hydrolysis) is 3. The third-order valence-electron chi connectivity index (χ3n) is 17.7. The van der Waals surface area contributed by atoms with Gasteiger partial charge < -0.3 is 58.6 Å². The molecule has 3 amide bonds. The normalized spacial score (nSPS) is 11.1. The highest BCUT2D eigenvalue weighted by Gasteiger charge is 2.21. The summed E-state index contributed by atoms with van der Waals surface area (Å²) in [7, 11) is 0. The summed E-state index contributed by atoms with van der Waals surface area (Å²) >= 11 is 0. The average Bonchev–Trinajstić information content (AvgIpc) is 0.785. The van der Waals surface area contributed by atoms with Crippen LogP contribution in [0.15, 0.2) is 199 Å². The van der Waals surface area contributed by atoms with Crippen molar-refractivity contribution >= 4 is 54.7 Å². The topological polar surface area (TPSA) is 236 Å². The molecule has 576 valence electrons. The van der Waals surface area contributed by atoms with Crippen LogP contribution in [0.1, 0.15) is 144 Å². The Morgan fingerprint density at radius 3 is 0.630 bits per heavy atom. The maximum Gasteiger partial charge on any atom is 0.407 e. The second-order valence-electron chi connectivity index (χ2n) is 26.2. The van der Waals surface area contributed by atoms with Gasteiger partial charge in [-0.3, -0.25) is 0 Å². The summed E-state index contributed by atoms with van der Waals surface area (Å²) < 4.78 is 56.7. The van der Waals surface area contributed by atoms with Gasteiger partial charge in [0.2, 0.25) is 0 Å². The van der Waals surface area contributed by atoms with Gasteiger partial charge in [-0.15, -0.1) is 0 Å². The van der Waals surface area contributed by atoms with Crippen molar-refractivity contribution in [3.8, 4) is 0 Å². The lowest BCUT2D eigenvalue weighted by Crippen LogP contribution is -2.54. The Morgan fingerprint density at radius 2 is 0.454 bits per heavy atom. The minimum absolute atomic E-state index is 0.0786. The van der Waals surface area contributed by atoms with E-state index in [0.29, 0.717) is 136 Å². The van der Waals surface area contributed by atoms with E-state index in [1.165, 1.54) is 0 Å². The first-order chi connectivity index (χ1) is 52.8. The molecule has 0 saturated heterocycles. The number of benzene rings is 6. The van der Waals surface area contributed by atoms with Crippen molar-refractivity contribution in [2.75, 3.05) is 59.3 Å². The predicted octanol–water partition coefficient (Wildman–Crippen LogP) is 15.3. The molecule has 0 aliphatic rings. The summed E-state index contributed by atoms with van der Waals surface area (Å²) in [4.78, 5) is 82.0. The molecule has 0 atom stereocenters. The zero-order valence-corrected chi connectivity index (χ0v) is 62.5. The molecule has 7 rings (SSSR count). The van der Waals surface area contributed by atoms with E-state index in [2.05, 4.69) is 55.4 Å². The molecule has 6 aromatic carbocycles. The largest absolute Gasteiger partial charge is 0.441 e. The van der Waals surface area contributed by atoms with Crippen LogP contribution in [-0.4, -0.2) is 110 Å². The Labute approximate surface area is 635 Å². The molecule has 1 aromatic heterocycles. The number of hydrogen-bond donors (Lipinski definition) is 3. The van der Waals surface area contributed by atoms with Crippen LogP contribution >= 0.6 is 0 Å². The molecular weight excluding hydrogens is 1370 g/mol. The first-order valence-corrected chi connectivity index (χ1v) is 37.3. The van der Waals surface area contributed by atoms with Gasteiger partial charge >= 0.3 is 35.3 Å². The first-order valence-electron chi connectivity index (χ1n) is 37.3. The van der Waals surface area contributed by atoms with Gasteiger partial charge in [-0.05, 0) is 105 Å². The van der Waals surface area contributed by atoms with Gasteiger partial charge in [0.15, 0.2) is 18.3 Å². The second-order valence-corrected chi connectivity index (χ2v) is 26.2. The molecule has 7 aromatic rings. The molecule has 3 N–H and O–H groups in total. The number of nitrogens with zero attached hydrogens (tertiary/aromatic N) is 3. The van der Waals surface area contributed by atoms with Crippen LogP contribution in [0.2, 0.25) is 0 Å². The Hall–Kier alpha value is -10.3. The number of hydrogen-bond acceptors (Lipinski definition) is 15. The maximum atomic E-state index is 14.2. The lowest BCUT2D eigenvalue weighted by atomic mass is 10.1. The standard InChI is InChI=1S/C87H108N6O15/c1-7-67-25-37-73(38-26-67)55-100-61-79(62-101-56-74-39-27-68(8-2)28-40-74)106-82(94)88-49-19-13-16-22-52-91-85(97)92(53-23-17-14-20-50-89-83(95)107-80(63-102-57-75-41-29-69(9-3)30-42-75)64-103-58-76-43-31-70(10-4)32-44-76)87(99)93(86(91)98)54-24-18-15-21-51-90-84(96)108-81(65-104-59-77-45-33-71(11-5)34-46-77)66-105-60-78-47-35-72(12-6)36-48-78/h7-12,25-48,79-81H,1-6,13-24,49-66H2,(H,88,94)(H,89,95)(H,90,96). The fourth-order valence-electron chi connectivity index (χ4n) is 11.3. The minimum atomic E-state index is -0.696. The van der Waals surface area contributed by atoms with E-state index in [-0.39, 0.29) is 59.3 Å². The number of amides is 3. The fourth-order valence-corrected chi connectivity index (χ4v) is 11.3. The SMILES string of the molecule is C=Cc1ccc(COCC(COCc2ccc(C=C)cc2)OC(=O)NCCCCCCn2c(=O)n(CCCCCCNC(=O)OC(COCc3ccc(C=C)cc3)COCc3ccc(C=C)cc3)c(=O)n(CCCCCCNC(=O)OC(COCc3ccc(C=C)cc3)COCc3ccc(C=C)cc3)c2=O)cc1. The van der Waals surface area contributed by atoms with Crippen LogP contribution < -0.4 is 33.0 Å². The van der Waals surface area contributed by atoms with E-state index in [1.54, 1.807) is 36.5 Å². The van der Waals surface area contributed by atoms with Crippen molar-refractivity contribution in [3.63, 3.8) is 0 Å². The van der Waals surface area contributed by atoms with Gasteiger partial charge in [0.25, 0.3) is 0 Å². The van der Waals surface area contributed by atoms with E-state index in [9.17, 15) is 28.8 Å². The molecule has 0 aliphatic heterocycles. The van der Waals surface area contributed by atoms with Gasteiger partial charge in [0.1, 0.15) is 0 Å². The highest BCUT2D eigenvalue weighted by Crippen LogP contribution is 2.16. The molecule has 0 spiro atoms. The summed E-state index contributed by atoms with van der Waals surface area (Å²) in [5, 5.41) is 8.51. The molecule has 0 bridgehead atoms. The number of carbonyl (C=O) groups is 3. The minimum Gasteiger partial charge on any atom is -0.441 e. The zero-order valence-electron chi connectivity index (χ0n) is 62.5. The number of nitrogens with one attached hydrogen (secondary N) is 3. The Bertz CT molecular complexity index is 3440. The number of carbonyl (C=O) groups excluding carboxylic acids is 3. The predicted molar refractivity (Wildman–Crippen MR) is 427 cm³/mol. The lowest BCUT2D eigenvalue weighted by molar-refractivity contribution is -0.0359. The van der Waals surface area contributed by atoms with Crippen molar-refractivity contribution in [1.29, 1.82) is 0 Å². The number of unbranched alkanes of at least 4 members (excludes halogenated alkanes) is 9. The van der Waals surface area contributed by atoms with Crippen molar-refractivity contribution < 1.29 is 57.0 Å². The van der Waals surface area contributed by atoms with Gasteiger partial charge in [0.05, 0.1) is 79.3 Å². The van der Waals surface area contributed by atoms with Crippen molar-refractivity contribution in [2.45, 2.75) is 155 Å². The number of rotatable bonds is 54. The summed E-state index contributed by atoms with van der Waals surface area (Å²) in [6.07, 6.45) is 13.7. The molecule has 21 heteroatoms. The van der Waals surface area contributed by atoms with E-state index in [0.717, 1.165) is 80.5 Å². The van der Waals surface area contributed by atoms with Gasteiger partial charge in [-0.1, -0.05) is 260 Å². The molecule has 0 unspecified atom stereocenters. The molecule has 1 heterocycles. The number of aromatic nitrogens is 3. The molecule has 108 heavy (non-hydrogen) atoms. The van der Waals surface area contributed by atoms with Crippen LogP contribution in [0.25, 0.3) is 36.5 Å². The van der Waals surface area contributed by atoms with Crippen molar-refractivity contribution in [3.05, 3.63) is 283 Å². The van der Waals surface area contributed by atoms with Gasteiger partial charge in [-0.25, -0.2) is 42.5 Å². The molecular formula is C87H108N6O15. The molecule has 0 fully saturated rings. The van der Waals surface area contributed by atoms with Crippen LogP contribution in [0.5, 0.6) is 0 Å². The van der Waals surface area contributed by atoms with Crippen LogP contribution in [0, 0.1) is 0 Å². The van der Waals surface area contributed by atoms with Gasteiger partial charge in [-0.2, -0.15) is 0 Å². The van der Waals surface area contributed by atoms with E-state index < -0.39 is 53.7 Å². The van der Waals surface area contributed by atoms with Crippen molar-refractivity contribution in [1.82, 2.24) is 29.7 Å². The quantitative estimate of drug-likeness (QED) is 0.0237. The maximum absolute atomic E-state index is 14.2. The number of ether oxygens (including phenoxy) is 9. The molecule has 0 radical (unpaired) electrons. The van der Waals surface area contributed by atoms with Gasteiger partial charge in [0, 0.05) is 39.3 Å². The van der Waals surface area contributed by atoms with Crippen LogP contribution in [0.4, 0.5) is 14.4 Å². The Morgan fingerprint density at radius 1 is 0.278 bits per heavy atom. The highest BCUT2D eigenvalue weighted by atomic mass is 16.6. The summed E-state index contributed by atoms with van der Waals surface area (Å²) in [6.45, 7) is 26.5. The smallest absolute Gasteiger partial charge is 0.407 e. The highest BCUT2D eigenvalue weighted by molar-refractivity contribution is 5.68. The summed E-state index contributed by atoms with van der Waals surface area (Å²) in [6, 6.07) is 46.9. The van der Waals surface area contributed by atoms with E-state index in [1.807, 2.05) is 146 Å². The lowest BCUT2D eigenvalue weighted by Gasteiger charge is -2.19.